The van der Waals surface area contributed by atoms with E-state index < -0.39 is 0 Å². The minimum absolute atomic E-state index is 0.457. The molecule has 0 saturated heterocycles. The zero-order valence-electron chi connectivity index (χ0n) is 9.46. The number of nitrogens with two attached hydrogens (primary N) is 1. The van der Waals surface area contributed by atoms with Crippen molar-refractivity contribution in [2.24, 2.45) is 10.9 Å². The number of rotatable bonds is 3. The largest absolute Gasteiger partial charge is 0.323 e. The highest BCUT2D eigenvalue weighted by molar-refractivity contribution is 6.37. The van der Waals surface area contributed by atoms with E-state index in [9.17, 15) is 0 Å². The quantitative estimate of drug-likeness (QED) is 0.473. The zero-order valence-corrected chi connectivity index (χ0v) is 9.46. The van der Waals surface area contributed by atoms with E-state index in [2.05, 4.69) is 10.1 Å². The van der Waals surface area contributed by atoms with Crippen molar-refractivity contribution in [3.05, 3.63) is 48.0 Å². The molecule has 0 atom stereocenters. The molecule has 0 saturated carbocycles. The Morgan fingerprint density at radius 3 is 2.59 bits per heavy atom. The summed E-state index contributed by atoms with van der Waals surface area (Å²) in [6.07, 6.45) is 4.85. The van der Waals surface area contributed by atoms with Crippen molar-refractivity contribution in [1.82, 2.24) is 9.55 Å². The molecule has 5 heteroatoms. The molecule has 1 aromatic heterocycles. The van der Waals surface area contributed by atoms with Crippen LogP contribution in [0.4, 0.5) is 0 Å². The van der Waals surface area contributed by atoms with E-state index in [0.29, 0.717) is 5.71 Å². The van der Waals surface area contributed by atoms with Crippen LogP contribution in [-0.4, -0.2) is 21.5 Å². The molecule has 2 aromatic rings. The fraction of sp³-hybridized carbons (Fsp3) is 0.0833. The van der Waals surface area contributed by atoms with Crippen molar-refractivity contribution in [3.63, 3.8) is 0 Å². The van der Waals surface area contributed by atoms with Crippen LogP contribution in [0.2, 0.25) is 0 Å². The summed E-state index contributed by atoms with van der Waals surface area (Å²) < 4.78 is 1.93. The zero-order chi connectivity index (χ0) is 12.3. The normalized spacial score (nSPS) is 11.5. The lowest BCUT2D eigenvalue weighted by atomic mass is 10.1. The minimum atomic E-state index is 0.457. The van der Waals surface area contributed by atoms with Crippen LogP contribution < -0.4 is 5.84 Å². The number of nitrogens with zero attached hydrogens (tertiary/aromatic N) is 3. The maximum Gasteiger partial charge on any atom is 0.107 e. The molecule has 3 N–H and O–H groups in total. The molecule has 17 heavy (non-hydrogen) atoms. The van der Waals surface area contributed by atoms with Gasteiger partial charge >= 0.3 is 0 Å². The lowest BCUT2D eigenvalue weighted by Crippen LogP contribution is -2.05. The number of aryl methyl sites for hydroxylation is 1. The van der Waals surface area contributed by atoms with Crippen molar-refractivity contribution in [2.75, 3.05) is 0 Å². The Morgan fingerprint density at radius 2 is 2.12 bits per heavy atom. The molecule has 0 aliphatic heterocycles. The highest BCUT2D eigenvalue weighted by Crippen LogP contribution is 2.10. The monoisotopic (exact) mass is 227 g/mol. The molecule has 0 unspecified atom stereocenters. The maximum absolute atomic E-state index is 7.17. The fourth-order valence-corrected chi connectivity index (χ4v) is 1.56. The molecule has 0 aliphatic rings. The van der Waals surface area contributed by atoms with Gasteiger partial charge in [-0.15, -0.1) is 0 Å². The van der Waals surface area contributed by atoms with Crippen molar-refractivity contribution < 1.29 is 0 Å². The second kappa shape index (κ2) is 4.61. The first kappa shape index (κ1) is 11.1. The first-order chi connectivity index (χ1) is 8.24. The number of benzene rings is 1. The van der Waals surface area contributed by atoms with Gasteiger partial charge in [-0.3, -0.25) is 0 Å². The van der Waals surface area contributed by atoms with E-state index in [1.54, 1.807) is 6.33 Å². The molecule has 0 aliphatic carbocycles. The van der Waals surface area contributed by atoms with Crippen LogP contribution in [0, 0.1) is 12.3 Å². The second-order valence-corrected chi connectivity index (χ2v) is 3.63. The lowest BCUT2D eigenvalue weighted by Gasteiger charge is -2.03. The van der Waals surface area contributed by atoms with E-state index in [-0.39, 0.29) is 0 Å². The van der Waals surface area contributed by atoms with E-state index >= 15 is 0 Å². The average Bonchev–Trinajstić information content (AvgIpc) is 2.78. The van der Waals surface area contributed by atoms with Crippen molar-refractivity contribution >= 4 is 11.9 Å². The molecule has 0 spiro atoms. The van der Waals surface area contributed by atoms with Crippen LogP contribution in [0.15, 0.2) is 41.9 Å². The highest BCUT2D eigenvalue weighted by atomic mass is 15.1. The van der Waals surface area contributed by atoms with Crippen LogP contribution >= 0.6 is 0 Å². The summed E-state index contributed by atoms with van der Waals surface area (Å²) in [5.74, 6) is 5.19. The lowest BCUT2D eigenvalue weighted by molar-refractivity contribution is 1.06. The molecule has 2 rings (SSSR count). The Balaban J connectivity index is 2.33. The van der Waals surface area contributed by atoms with Gasteiger partial charge in [-0.05, 0) is 19.1 Å². The summed E-state index contributed by atoms with van der Waals surface area (Å²) >= 11 is 0. The Morgan fingerprint density at radius 1 is 1.41 bits per heavy atom. The van der Waals surface area contributed by atoms with E-state index in [1.165, 1.54) is 0 Å². The van der Waals surface area contributed by atoms with Crippen molar-refractivity contribution in [3.8, 4) is 5.69 Å². The highest BCUT2D eigenvalue weighted by Gasteiger charge is 2.01. The van der Waals surface area contributed by atoms with Gasteiger partial charge in [-0.25, -0.2) is 4.98 Å². The summed E-state index contributed by atoms with van der Waals surface area (Å²) in [6, 6.07) is 7.62. The molecule has 0 bridgehead atoms. The first-order valence-electron chi connectivity index (χ1n) is 5.14. The Kier molecular flexibility index (Phi) is 3.00. The molecule has 0 amide bonds. The van der Waals surface area contributed by atoms with Gasteiger partial charge in [0, 0.05) is 23.7 Å². The van der Waals surface area contributed by atoms with E-state index in [4.69, 9.17) is 11.3 Å². The van der Waals surface area contributed by atoms with Crippen LogP contribution in [0.25, 0.3) is 5.69 Å². The molecular formula is C12H13N5. The molecule has 0 radical (unpaired) electrons. The van der Waals surface area contributed by atoms with Crippen molar-refractivity contribution in [1.29, 1.82) is 5.41 Å². The van der Waals surface area contributed by atoms with E-state index in [0.717, 1.165) is 23.2 Å². The second-order valence-electron chi connectivity index (χ2n) is 3.63. The number of nitrogens with one attached hydrogen (secondary N) is 1. The van der Waals surface area contributed by atoms with Gasteiger partial charge in [0.15, 0.2) is 0 Å². The summed E-state index contributed by atoms with van der Waals surface area (Å²) in [6.45, 7) is 1.94. The SMILES string of the molecule is Cc1cn(-c2ccc(/C(C=N)=N/N)cc2)cn1. The van der Waals surface area contributed by atoms with Crippen LogP contribution in [0.3, 0.4) is 0 Å². The van der Waals surface area contributed by atoms with Crippen molar-refractivity contribution in [2.45, 2.75) is 6.92 Å². The molecule has 5 nitrogen and oxygen atoms in total. The van der Waals surface area contributed by atoms with Gasteiger partial charge in [0.1, 0.15) is 5.71 Å². The average molecular weight is 227 g/mol. The predicted molar refractivity (Wildman–Crippen MR) is 67.8 cm³/mol. The Bertz CT molecular complexity index is 551. The van der Waals surface area contributed by atoms with Gasteiger partial charge in [0.25, 0.3) is 0 Å². The first-order valence-corrected chi connectivity index (χ1v) is 5.14. The summed E-state index contributed by atoms with van der Waals surface area (Å²) in [4.78, 5) is 4.17. The third-order valence-corrected chi connectivity index (χ3v) is 2.45. The van der Waals surface area contributed by atoms with Gasteiger partial charge in [-0.2, -0.15) is 5.10 Å². The summed E-state index contributed by atoms with van der Waals surface area (Å²) in [5.41, 5.74) is 3.26. The minimum Gasteiger partial charge on any atom is -0.323 e. The third-order valence-electron chi connectivity index (χ3n) is 2.45. The van der Waals surface area contributed by atoms with Gasteiger partial charge < -0.3 is 15.8 Å². The van der Waals surface area contributed by atoms with Gasteiger partial charge in [0.05, 0.1) is 12.0 Å². The summed E-state index contributed by atoms with van der Waals surface area (Å²) in [7, 11) is 0. The summed E-state index contributed by atoms with van der Waals surface area (Å²) in [5, 5.41) is 10.7. The van der Waals surface area contributed by atoms with Gasteiger partial charge in [0.2, 0.25) is 0 Å². The topological polar surface area (TPSA) is 80.0 Å². The van der Waals surface area contributed by atoms with Crippen LogP contribution in [0.1, 0.15) is 11.3 Å². The predicted octanol–water partition coefficient (Wildman–Crippen LogP) is 1.49. The third kappa shape index (κ3) is 2.23. The number of hydrazone groups is 1. The maximum atomic E-state index is 7.17. The number of aromatic nitrogens is 2. The molecule has 1 aromatic carbocycles. The number of hydrogen-bond donors (Lipinski definition) is 2. The Labute approximate surface area is 99.1 Å². The smallest absolute Gasteiger partial charge is 0.107 e. The number of hydrogen-bond acceptors (Lipinski definition) is 4. The fourth-order valence-electron chi connectivity index (χ4n) is 1.56. The molecule has 1 heterocycles. The van der Waals surface area contributed by atoms with Crippen LogP contribution in [0.5, 0.6) is 0 Å². The number of imidazole rings is 1. The van der Waals surface area contributed by atoms with E-state index in [1.807, 2.05) is 42.0 Å². The van der Waals surface area contributed by atoms with Gasteiger partial charge in [-0.1, -0.05) is 12.1 Å². The standard InChI is InChI=1S/C12H13N5/c1-9-7-17(8-15-9)11-4-2-10(3-5-11)12(6-13)16-14/h2-8,13H,14H2,1H3/b13-6?,16-12+. The molecule has 0 fully saturated rings. The Hall–Kier alpha value is -2.43. The molecule has 86 valence electrons. The molecular weight excluding hydrogens is 214 g/mol. The van der Waals surface area contributed by atoms with Crippen LogP contribution in [-0.2, 0) is 0 Å².